The molecular weight excluding hydrogens is 604 g/mol. The number of hydrogen-bond donors (Lipinski definition) is 3. The van der Waals surface area contributed by atoms with Gasteiger partial charge in [0.15, 0.2) is 17.1 Å². The summed E-state index contributed by atoms with van der Waals surface area (Å²) in [5, 5.41) is 9.80. The smallest absolute Gasteiger partial charge is 0.410 e. The predicted molar refractivity (Wildman–Crippen MR) is 154 cm³/mol. The van der Waals surface area contributed by atoms with Crippen molar-refractivity contribution in [1.82, 2.24) is 30.1 Å². The third-order valence-corrected chi connectivity index (χ3v) is 10.7. The number of rotatable bonds is 7. The second-order valence-corrected chi connectivity index (χ2v) is 15.0. The van der Waals surface area contributed by atoms with Gasteiger partial charge in [-0.05, 0) is 78.2 Å². The van der Waals surface area contributed by atoms with Crippen molar-refractivity contribution in [2.75, 3.05) is 7.11 Å². The number of methoxy groups -OCH3 is 1. The summed E-state index contributed by atoms with van der Waals surface area (Å²) >= 11 is -1.90. The van der Waals surface area contributed by atoms with Crippen LogP contribution in [0.2, 0.25) is 0 Å². The molecule has 242 valence electrons. The van der Waals surface area contributed by atoms with Crippen molar-refractivity contribution in [3.05, 3.63) is 29.8 Å². The van der Waals surface area contributed by atoms with Gasteiger partial charge in [-0.3, -0.25) is 14.7 Å². The van der Waals surface area contributed by atoms with E-state index in [0.29, 0.717) is 18.5 Å². The van der Waals surface area contributed by atoms with E-state index >= 15 is 0 Å². The number of carbonyl (C=O) groups is 2. The maximum atomic E-state index is 14.4. The highest BCUT2D eigenvalue weighted by Crippen LogP contribution is 2.44. The Morgan fingerprint density at radius 2 is 1.75 bits per heavy atom. The lowest BCUT2D eigenvalue weighted by molar-refractivity contribution is -0.200. The van der Waals surface area contributed by atoms with Crippen molar-refractivity contribution in [3.8, 4) is 17.1 Å². The molecule has 0 spiro atoms. The largest absolute Gasteiger partial charge is 0.598 e. The Labute approximate surface area is 256 Å². The van der Waals surface area contributed by atoms with Crippen LogP contribution in [-0.2, 0) is 16.2 Å². The molecule has 2 unspecified atom stereocenters. The van der Waals surface area contributed by atoms with Gasteiger partial charge in [0.2, 0.25) is 11.8 Å². The second-order valence-electron chi connectivity index (χ2n) is 13.0. The number of piperidine rings is 1. The van der Waals surface area contributed by atoms with Crippen molar-refractivity contribution in [3.63, 3.8) is 0 Å². The standard InChI is InChI=1S/C29H38F4N6O4S/c1-27(2,3)44(42)38-28(29(31,32)33)9-7-17(8-10-28)35-25(40)16-11-18-5-6-19(12-16)39(18)26(41)23-14-22(36-37-23)20-13-24(43-4)34-15-21(20)30/h13-19,38H,5-12H2,1-4H3,(H,35,40)(H,36,37)/t16?,17?,18-,19+,28?,44?. The molecule has 1 saturated carbocycles. The van der Waals surface area contributed by atoms with E-state index in [2.05, 4.69) is 25.2 Å². The minimum atomic E-state index is -4.59. The first kappa shape index (κ1) is 32.5. The van der Waals surface area contributed by atoms with Gasteiger partial charge in [-0.1, -0.05) is 0 Å². The monoisotopic (exact) mass is 642 g/mol. The average molecular weight is 643 g/mol. The summed E-state index contributed by atoms with van der Waals surface area (Å²) in [6.45, 7) is 4.85. The highest BCUT2D eigenvalue weighted by Gasteiger charge is 2.59. The Bertz CT molecular complexity index is 1360. The molecule has 4 heterocycles. The van der Waals surface area contributed by atoms with Crippen molar-refractivity contribution < 1.29 is 36.4 Å². The van der Waals surface area contributed by atoms with Gasteiger partial charge in [-0.2, -0.15) is 18.3 Å². The van der Waals surface area contributed by atoms with Gasteiger partial charge in [-0.25, -0.2) is 9.37 Å². The second kappa shape index (κ2) is 12.1. The van der Waals surface area contributed by atoms with E-state index in [1.165, 1.54) is 19.2 Å². The van der Waals surface area contributed by atoms with Crippen LogP contribution in [0.4, 0.5) is 17.6 Å². The lowest BCUT2D eigenvalue weighted by Crippen LogP contribution is -2.63. The van der Waals surface area contributed by atoms with Crippen LogP contribution in [-0.4, -0.2) is 78.1 Å². The molecular formula is C29H38F4N6O4S. The van der Waals surface area contributed by atoms with Gasteiger partial charge in [0.05, 0.1) is 19.0 Å². The number of nitrogens with zero attached hydrogens (tertiary/aromatic N) is 3. The van der Waals surface area contributed by atoms with E-state index < -0.39 is 39.7 Å². The first-order valence-electron chi connectivity index (χ1n) is 14.8. The molecule has 3 aliphatic rings. The van der Waals surface area contributed by atoms with E-state index in [1.54, 1.807) is 25.7 Å². The zero-order valence-electron chi connectivity index (χ0n) is 25.1. The van der Waals surface area contributed by atoms with Crippen LogP contribution >= 0.6 is 0 Å². The molecule has 5 rings (SSSR count). The van der Waals surface area contributed by atoms with Crippen LogP contribution in [0, 0.1) is 11.7 Å². The predicted octanol–water partition coefficient (Wildman–Crippen LogP) is 4.41. The zero-order valence-corrected chi connectivity index (χ0v) is 25.9. The van der Waals surface area contributed by atoms with Crippen LogP contribution in [0.25, 0.3) is 11.3 Å². The van der Waals surface area contributed by atoms with Gasteiger partial charge in [0, 0.05) is 47.0 Å². The Morgan fingerprint density at radius 3 is 2.32 bits per heavy atom. The number of nitrogens with one attached hydrogen (secondary N) is 3. The molecule has 2 aromatic rings. The van der Waals surface area contributed by atoms with Crippen LogP contribution in [0.1, 0.15) is 82.6 Å². The van der Waals surface area contributed by atoms with E-state index in [1.807, 2.05) is 0 Å². The van der Waals surface area contributed by atoms with E-state index in [9.17, 15) is 31.7 Å². The Hall–Kier alpha value is -2.91. The number of ether oxygens (including phenoxy) is 1. The lowest BCUT2D eigenvalue weighted by Gasteiger charge is -2.43. The van der Waals surface area contributed by atoms with Gasteiger partial charge < -0.3 is 19.5 Å². The molecule has 2 amide bonds. The van der Waals surface area contributed by atoms with Crippen LogP contribution in [0.15, 0.2) is 18.3 Å². The summed E-state index contributed by atoms with van der Waals surface area (Å²) in [6.07, 6.45) is -1.60. The topological polar surface area (TPSA) is 135 Å². The third-order valence-electron chi connectivity index (χ3n) is 9.04. The van der Waals surface area contributed by atoms with Crippen LogP contribution in [0.5, 0.6) is 5.88 Å². The minimum Gasteiger partial charge on any atom is -0.598 e. The van der Waals surface area contributed by atoms with Crippen molar-refractivity contribution in [1.29, 1.82) is 0 Å². The number of amides is 2. The van der Waals surface area contributed by atoms with E-state index in [4.69, 9.17) is 4.74 Å². The SMILES string of the molecule is COc1cc(-c2cc(C(=O)N3[C@@H]4CC[C@H]3CC(C(=O)NC3CCC(N[S+]([O-])C(C)(C)C)(C(F)(F)F)CC3)C4)n[nH]2)c(F)cn1. The minimum absolute atomic E-state index is 0.106. The molecule has 44 heavy (non-hydrogen) atoms. The number of carbonyl (C=O) groups excluding carboxylic acids is 2. The lowest BCUT2D eigenvalue weighted by atomic mass is 9.79. The number of hydrogen-bond acceptors (Lipinski definition) is 7. The van der Waals surface area contributed by atoms with Gasteiger partial charge in [0.1, 0.15) is 4.75 Å². The zero-order chi connectivity index (χ0) is 32.0. The molecule has 1 aliphatic carbocycles. The van der Waals surface area contributed by atoms with Gasteiger partial charge >= 0.3 is 6.18 Å². The number of aromatic amines is 1. The molecule has 2 bridgehead atoms. The third kappa shape index (κ3) is 6.41. The Balaban J connectivity index is 1.19. The molecule has 3 N–H and O–H groups in total. The molecule has 2 aliphatic heterocycles. The number of H-pyrrole nitrogens is 1. The molecule has 15 heteroatoms. The fraction of sp³-hybridized carbons (Fsp3) is 0.655. The molecule has 2 aromatic heterocycles. The quantitative estimate of drug-likeness (QED) is 0.301. The maximum absolute atomic E-state index is 14.4. The highest BCUT2D eigenvalue weighted by atomic mass is 32.2. The van der Waals surface area contributed by atoms with E-state index in [0.717, 1.165) is 19.0 Å². The fourth-order valence-corrected chi connectivity index (χ4v) is 7.49. The Kier molecular flexibility index (Phi) is 8.95. The van der Waals surface area contributed by atoms with E-state index in [-0.39, 0.29) is 72.6 Å². The molecule has 0 aromatic carbocycles. The fourth-order valence-electron chi connectivity index (χ4n) is 6.51. The molecule has 4 atom stereocenters. The summed E-state index contributed by atoms with van der Waals surface area (Å²) in [5.74, 6) is -1.28. The number of aromatic nitrogens is 3. The van der Waals surface area contributed by atoms with Gasteiger partial charge in [0.25, 0.3) is 5.91 Å². The van der Waals surface area contributed by atoms with Crippen molar-refractivity contribution in [2.45, 2.75) is 107 Å². The van der Waals surface area contributed by atoms with Crippen molar-refractivity contribution >= 4 is 23.2 Å². The number of alkyl halides is 3. The molecule has 10 nitrogen and oxygen atoms in total. The van der Waals surface area contributed by atoms with Gasteiger partial charge in [-0.15, -0.1) is 4.72 Å². The summed E-state index contributed by atoms with van der Waals surface area (Å²) in [4.78, 5) is 32.3. The van der Waals surface area contributed by atoms with Crippen LogP contribution < -0.4 is 14.8 Å². The normalized spacial score (nSPS) is 28.1. The summed E-state index contributed by atoms with van der Waals surface area (Å²) in [7, 11) is 1.41. The number of pyridine rings is 1. The summed E-state index contributed by atoms with van der Waals surface area (Å²) in [5.41, 5.74) is -1.67. The highest BCUT2D eigenvalue weighted by molar-refractivity contribution is 7.90. The summed E-state index contributed by atoms with van der Waals surface area (Å²) in [6, 6.07) is 2.10. The molecule has 3 fully saturated rings. The number of fused-ring (bicyclic) bond motifs is 2. The average Bonchev–Trinajstić information content (AvgIpc) is 3.55. The maximum Gasteiger partial charge on any atom is 0.410 e. The molecule has 0 radical (unpaired) electrons. The first-order chi connectivity index (χ1) is 20.6. The summed E-state index contributed by atoms with van der Waals surface area (Å²) < 4.78 is 75.9. The van der Waals surface area contributed by atoms with Crippen LogP contribution in [0.3, 0.4) is 0 Å². The molecule has 2 saturated heterocycles. The van der Waals surface area contributed by atoms with Crippen molar-refractivity contribution in [2.24, 2.45) is 5.92 Å². The first-order valence-corrected chi connectivity index (χ1v) is 15.9. The number of halogens is 4. The Morgan fingerprint density at radius 1 is 1.11 bits per heavy atom.